The second kappa shape index (κ2) is 6.65. The molecule has 7 nitrogen and oxygen atoms in total. The molecule has 0 aromatic carbocycles. The third-order valence-electron chi connectivity index (χ3n) is 4.08. The van der Waals surface area contributed by atoms with Crippen molar-refractivity contribution in [3.63, 3.8) is 0 Å². The Balaban J connectivity index is 1.59. The average molecular weight is 300 g/mol. The van der Waals surface area contributed by atoms with E-state index in [-0.39, 0.29) is 5.91 Å². The zero-order chi connectivity index (χ0) is 15.4. The van der Waals surface area contributed by atoms with E-state index in [9.17, 15) is 4.79 Å². The third kappa shape index (κ3) is 3.14. The molecule has 1 aliphatic heterocycles. The summed E-state index contributed by atoms with van der Waals surface area (Å²) < 4.78 is 1.61. The number of nitrogens with two attached hydrogens (primary N) is 1. The molecule has 0 aliphatic carbocycles. The van der Waals surface area contributed by atoms with Gasteiger partial charge in [0.25, 0.3) is 5.91 Å². The van der Waals surface area contributed by atoms with E-state index in [1.165, 1.54) is 5.56 Å². The van der Waals surface area contributed by atoms with Crippen LogP contribution in [0.15, 0.2) is 30.7 Å². The van der Waals surface area contributed by atoms with Crippen molar-refractivity contribution in [2.75, 3.05) is 19.6 Å². The van der Waals surface area contributed by atoms with E-state index in [2.05, 4.69) is 27.4 Å². The number of piperidine rings is 1. The van der Waals surface area contributed by atoms with Crippen molar-refractivity contribution in [3.05, 3.63) is 42.0 Å². The lowest BCUT2D eigenvalue weighted by molar-refractivity contribution is 0.0707. The molecule has 0 spiro atoms. The number of amides is 1. The third-order valence-corrected chi connectivity index (χ3v) is 4.08. The number of likely N-dealkylation sites (tertiary alicyclic amines) is 1. The highest BCUT2D eigenvalue weighted by Crippen LogP contribution is 2.27. The molecular weight excluding hydrogens is 280 g/mol. The summed E-state index contributed by atoms with van der Waals surface area (Å²) in [7, 11) is 0. The maximum absolute atomic E-state index is 12.4. The van der Waals surface area contributed by atoms with Crippen molar-refractivity contribution in [1.82, 2.24) is 24.9 Å². The Morgan fingerprint density at radius 2 is 2.00 bits per heavy atom. The summed E-state index contributed by atoms with van der Waals surface area (Å²) in [6, 6.07) is 4.11. The Hall–Kier alpha value is -2.28. The van der Waals surface area contributed by atoms with Crippen LogP contribution < -0.4 is 5.73 Å². The number of aromatic nitrogens is 4. The largest absolute Gasteiger partial charge is 0.337 e. The van der Waals surface area contributed by atoms with Crippen molar-refractivity contribution in [3.8, 4) is 0 Å². The molecule has 2 aromatic rings. The van der Waals surface area contributed by atoms with Gasteiger partial charge in [-0.05, 0) is 36.5 Å². The first kappa shape index (κ1) is 14.6. The minimum Gasteiger partial charge on any atom is -0.337 e. The van der Waals surface area contributed by atoms with Crippen LogP contribution in [-0.2, 0) is 6.54 Å². The molecule has 0 unspecified atom stereocenters. The molecular formula is C15H20N6O. The van der Waals surface area contributed by atoms with E-state index >= 15 is 0 Å². The lowest BCUT2D eigenvalue weighted by atomic mass is 9.90. The molecule has 2 aromatic heterocycles. The molecule has 2 N–H and O–H groups in total. The standard InChI is InChI=1S/C15H20N6O/c16-5-10-21-11-14(18-19-21)15(22)20-8-3-13(4-9-20)12-1-6-17-7-2-12/h1-2,6-7,11,13H,3-5,8-10,16H2. The monoisotopic (exact) mass is 300 g/mol. The average Bonchev–Trinajstić information content (AvgIpc) is 3.04. The lowest BCUT2D eigenvalue weighted by Crippen LogP contribution is -2.38. The van der Waals surface area contributed by atoms with Gasteiger partial charge in [-0.25, -0.2) is 0 Å². The van der Waals surface area contributed by atoms with Gasteiger partial charge in [0, 0.05) is 32.0 Å². The van der Waals surface area contributed by atoms with Crippen LogP contribution in [0.2, 0.25) is 0 Å². The summed E-state index contributed by atoms with van der Waals surface area (Å²) in [5, 5.41) is 7.86. The number of pyridine rings is 1. The number of hydrogen-bond acceptors (Lipinski definition) is 5. The molecule has 1 saturated heterocycles. The van der Waals surface area contributed by atoms with Gasteiger partial charge in [0.05, 0.1) is 12.7 Å². The van der Waals surface area contributed by atoms with E-state index in [0.29, 0.717) is 24.7 Å². The Labute approximate surface area is 129 Å². The minimum atomic E-state index is -0.0450. The molecule has 116 valence electrons. The first-order valence-electron chi connectivity index (χ1n) is 7.57. The summed E-state index contributed by atoms with van der Waals surface area (Å²) in [5.74, 6) is 0.455. The van der Waals surface area contributed by atoms with Crippen molar-refractivity contribution in [2.24, 2.45) is 5.73 Å². The lowest BCUT2D eigenvalue weighted by Gasteiger charge is -2.31. The van der Waals surface area contributed by atoms with E-state index < -0.39 is 0 Å². The zero-order valence-electron chi connectivity index (χ0n) is 12.4. The van der Waals surface area contributed by atoms with Gasteiger partial charge in [-0.15, -0.1) is 5.10 Å². The van der Waals surface area contributed by atoms with E-state index in [1.807, 2.05) is 17.3 Å². The van der Waals surface area contributed by atoms with Gasteiger partial charge in [-0.2, -0.15) is 0 Å². The maximum atomic E-state index is 12.4. The van der Waals surface area contributed by atoms with E-state index in [4.69, 9.17) is 5.73 Å². The van der Waals surface area contributed by atoms with Crippen molar-refractivity contribution in [1.29, 1.82) is 0 Å². The second-order valence-corrected chi connectivity index (χ2v) is 5.50. The van der Waals surface area contributed by atoms with Gasteiger partial charge in [-0.1, -0.05) is 5.21 Å². The quantitative estimate of drug-likeness (QED) is 0.895. The van der Waals surface area contributed by atoms with E-state index in [0.717, 1.165) is 25.9 Å². The Bertz CT molecular complexity index is 618. The molecule has 1 fully saturated rings. The van der Waals surface area contributed by atoms with Crippen molar-refractivity contribution < 1.29 is 4.79 Å². The van der Waals surface area contributed by atoms with Gasteiger partial charge < -0.3 is 10.6 Å². The minimum absolute atomic E-state index is 0.0450. The van der Waals surface area contributed by atoms with E-state index in [1.54, 1.807) is 10.9 Å². The van der Waals surface area contributed by atoms with Crippen LogP contribution in [-0.4, -0.2) is 50.4 Å². The van der Waals surface area contributed by atoms with Crippen LogP contribution >= 0.6 is 0 Å². The topological polar surface area (TPSA) is 89.9 Å². The summed E-state index contributed by atoms with van der Waals surface area (Å²) in [6.45, 7) is 2.55. The summed E-state index contributed by atoms with van der Waals surface area (Å²) in [4.78, 5) is 18.3. The smallest absolute Gasteiger partial charge is 0.276 e. The maximum Gasteiger partial charge on any atom is 0.276 e. The number of hydrogen-bond donors (Lipinski definition) is 1. The van der Waals surface area contributed by atoms with Gasteiger partial charge in [-0.3, -0.25) is 14.5 Å². The molecule has 0 bridgehead atoms. The summed E-state index contributed by atoms with van der Waals surface area (Å²) in [6.07, 6.45) is 7.24. The molecule has 1 aliphatic rings. The fraction of sp³-hybridized carbons (Fsp3) is 0.467. The van der Waals surface area contributed by atoms with Crippen molar-refractivity contribution in [2.45, 2.75) is 25.3 Å². The SMILES string of the molecule is NCCn1cc(C(=O)N2CCC(c3ccncc3)CC2)nn1. The highest BCUT2D eigenvalue weighted by atomic mass is 16.2. The van der Waals surface area contributed by atoms with Gasteiger partial charge >= 0.3 is 0 Å². The molecule has 0 saturated carbocycles. The normalized spacial score (nSPS) is 16.0. The molecule has 0 atom stereocenters. The molecule has 3 heterocycles. The predicted octanol–water partition coefficient (Wildman–Crippen LogP) is 0.652. The highest BCUT2D eigenvalue weighted by molar-refractivity contribution is 5.92. The van der Waals surface area contributed by atoms with Crippen molar-refractivity contribution >= 4 is 5.91 Å². The van der Waals surface area contributed by atoms with Gasteiger partial charge in [0.2, 0.25) is 0 Å². The Kier molecular flexibility index (Phi) is 4.43. The predicted molar refractivity (Wildman–Crippen MR) is 81.2 cm³/mol. The Morgan fingerprint density at radius 1 is 1.27 bits per heavy atom. The number of rotatable bonds is 4. The highest BCUT2D eigenvalue weighted by Gasteiger charge is 2.26. The van der Waals surface area contributed by atoms with Crippen LogP contribution in [0.3, 0.4) is 0 Å². The number of carbonyl (C=O) groups excluding carboxylic acids is 1. The molecule has 7 heteroatoms. The Morgan fingerprint density at radius 3 is 2.68 bits per heavy atom. The second-order valence-electron chi connectivity index (χ2n) is 5.50. The van der Waals surface area contributed by atoms with Crippen LogP contribution in [0.5, 0.6) is 0 Å². The number of nitrogens with zero attached hydrogens (tertiary/aromatic N) is 5. The summed E-state index contributed by atoms with van der Waals surface area (Å²) in [5.41, 5.74) is 7.17. The summed E-state index contributed by atoms with van der Waals surface area (Å²) >= 11 is 0. The zero-order valence-corrected chi connectivity index (χ0v) is 12.4. The van der Waals surface area contributed by atoms with Crippen LogP contribution in [0.25, 0.3) is 0 Å². The van der Waals surface area contributed by atoms with Gasteiger partial charge in [0.15, 0.2) is 5.69 Å². The number of carbonyl (C=O) groups is 1. The fourth-order valence-electron chi connectivity index (χ4n) is 2.85. The molecule has 1 amide bonds. The first-order chi connectivity index (χ1) is 10.8. The van der Waals surface area contributed by atoms with Gasteiger partial charge in [0.1, 0.15) is 0 Å². The molecule has 22 heavy (non-hydrogen) atoms. The fourth-order valence-corrected chi connectivity index (χ4v) is 2.85. The van der Waals surface area contributed by atoms with Crippen LogP contribution in [0.1, 0.15) is 34.8 Å². The van der Waals surface area contributed by atoms with Crippen LogP contribution in [0, 0.1) is 0 Å². The molecule has 0 radical (unpaired) electrons. The first-order valence-corrected chi connectivity index (χ1v) is 7.57. The van der Waals surface area contributed by atoms with Crippen LogP contribution in [0.4, 0.5) is 0 Å². The molecule has 3 rings (SSSR count).